The molecule has 0 aromatic heterocycles. The maximum absolute atomic E-state index is 12.1. The largest absolute Gasteiger partial charge is 0.294 e. The van der Waals surface area contributed by atoms with Crippen LogP contribution >= 0.6 is 0 Å². The molecule has 4 heteroatoms. The molecule has 4 nitrogen and oxygen atoms in total. The third kappa shape index (κ3) is 2.20. The summed E-state index contributed by atoms with van der Waals surface area (Å²) in [5, 5.41) is 10.7. The number of non-ortho nitro benzene ring substituents is 1. The van der Waals surface area contributed by atoms with Gasteiger partial charge >= 0.3 is 0 Å². The number of carbonyl (C=O) groups excluding carboxylic acids is 1. The molecule has 0 heterocycles. The highest BCUT2D eigenvalue weighted by molar-refractivity contribution is 5.99. The van der Waals surface area contributed by atoms with Crippen LogP contribution in [0.2, 0.25) is 0 Å². The molecule has 0 fully saturated rings. The summed E-state index contributed by atoms with van der Waals surface area (Å²) in [5.74, 6) is 0.258. The molecule has 0 aliphatic heterocycles. The summed E-state index contributed by atoms with van der Waals surface area (Å²) >= 11 is 0. The molecule has 2 aromatic carbocycles. The van der Waals surface area contributed by atoms with E-state index in [0.29, 0.717) is 6.42 Å². The Balaban J connectivity index is 1.90. The molecule has 1 atom stereocenters. The van der Waals surface area contributed by atoms with Crippen molar-refractivity contribution in [2.24, 2.45) is 0 Å². The molecule has 0 spiro atoms. The zero-order valence-electron chi connectivity index (χ0n) is 10.8. The number of hydrogen-bond donors (Lipinski definition) is 0. The number of nitrogens with zero attached hydrogens (tertiary/aromatic N) is 1. The number of rotatable bonds is 2. The van der Waals surface area contributed by atoms with Crippen molar-refractivity contribution in [1.82, 2.24) is 0 Å². The average Bonchev–Trinajstić information content (AvgIpc) is 2.47. The van der Waals surface area contributed by atoms with Gasteiger partial charge in [0.15, 0.2) is 5.78 Å². The highest BCUT2D eigenvalue weighted by atomic mass is 16.6. The van der Waals surface area contributed by atoms with Crippen molar-refractivity contribution in [3.05, 3.63) is 75.3 Å². The Kier molecular flexibility index (Phi) is 3.06. The van der Waals surface area contributed by atoms with E-state index in [9.17, 15) is 14.9 Å². The van der Waals surface area contributed by atoms with Crippen molar-refractivity contribution in [2.45, 2.75) is 18.8 Å². The van der Waals surface area contributed by atoms with Gasteiger partial charge in [0, 0.05) is 24.1 Å². The van der Waals surface area contributed by atoms with E-state index in [1.807, 2.05) is 24.3 Å². The Morgan fingerprint density at radius 2 is 1.70 bits per heavy atom. The molecule has 20 heavy (non-hydrogen) atoms. The lowest BCUT2D eigenvalue weighted by atomic mass is 9.79. The SMILES string of the molecule is O=C1CC(c2ccc([N+](=O)[O-])cc2)Cc2ccccc21. The normalized spacial score (nSPS) is 17.6. The first-order valence-corrected chi connectivity index (χ1v) is 6.50. The second kappa shape index (κ2) is 4.89. The zero-order chi connectivity index (χ0) is 14.1. The molecule has 100 valence electrons. The first-order valence-electron chi connectivity index (χ1n) is 6.50. The van der Waals surface area contributed by atoms with Crippen LogP contribution in [0.25, 0.3) is 0 Å². The molecular weight excluding hydrogens is 254 g/mol. The standard InChI is InChI=1S/C16H13NO3/c18-16-10-13(9-12-3-1-2-4-15(12)16)11-5-7-14(8-6-11)17(19)20/h1-8,13H,9-10H2. The lowest BCUT2D eigenvalue weighted by Crippen LogP contribution is -2.18. The fraction of sp³-hybridized carbons (Fsp3) is 0.188. The van der Waals surface area contributed by atoms with Gasteiger partial charge in [0.2, 0.25) is 0 Å². The Labute approximate surface area is 116 Å². The van der Waals surface area contributed by atoms with Crippen molar-refractivity contribution in [3.8, 4) is 0 Å². The van der Waals surface area contributed by atoms with Crippen LogP contribution in [0.5, 0.6) is 0 Å². The number of carbonyl (C=O) groups is 1. The van der Waals surface area contributed by atoms with Crippen LogP contribution in [-0.4, -0.2) is 10.7 Å². The molecule has 3 rings (SSSR count). The molecule has 0 bridgehead atoms. The van der Waals surface area contributed by atoms with E-state index >= 15 is 0 Å². The second-order valence-electron chi connectivity index (χ2n) is 5.03. The molecule has 1 aliphatic rings. The van der Waals surface area contributed by atoms with E-state index in [1.54, 1.807) is 12.1 Å². The first kappa shape index (κ1) is 12.5. The number of nitro groups is 1. The minimum absolute atomic E-state index is 0.0799. The van der Waals surface area contributed by atoms with Crippen molar-refractivity contribution < 1.29 is 9.72 Å². The van der Waals surface area contributed by atoms with Crippen molar-refractivity contribution in [3.63, 3.8) is 0 Å². The van der Waals surface area contributed by atoms with Crippen LogP contribution in [0.3, 0.4) is 0 Å². The number of benzene rings is 2. The monoisotopic (exact) mass is 267 g/mol. The van der Waals surface area contributed by atoms with Crippen molar-refractivity contribution >= 4 is 11.5 Å². The van der Waals surface area contributed by atoms with Gasteiger partial charge in [-0.2, -0.15) is 0 Å². The van der Waals surface area contributed by atoms with Crippen LogP contribution in [0.15, 0.2) is 48.5 Å². The van der Waals surface area contributed by atoms with Crippen molar-refractivity contribution in [1.29, 1.82) is 0 Å². The number of nitro benzene ring substituents is 1. The van der Waals surface area contributed by atoms with Gasteiger partial charge in [0.05, 0.1) is 4.92 Å². The topological polar surface area (TPSA) is 60.2 Å². The van der Waals surface area contributed by atoms with Crippen LogP contribution in [0.4, 0.5) is 5.69 Å². The van der Waals surface area contributed by atoms with Gasteiger partial charge in [-0.3, -0.25) is 14.9 Å². The molecule has 1 unspecified atom stereocenters. The Hall–Kier alpha value is -2.49. The van der Waals surface area contributed by atoms with Gasteiger partial charge in [0.25, 0.3) is 5.69 Å². The molecule has 0 saturated heterocycles. The van der Waals surface area contributed by atoms with Gasteiger partial charge in [-0.05, 0) is 23.5 Å². The summed E-state index contributed by atoms with van der Waals surface area (Å²) in [5.41, 5.74) is 2.94. The third-order valence-electron chi connectivity index (χ3n) is 3.79. The van der Waals surface area contributed by atoms with Gasteiger partial charge in [-0.1, -0.05) is 36.4 Å². The van der Waals surface area contributed by atoms with E-state index in [4.69, 9.17) is 0 Å². The summed E-state index contributed by atoms with van der Waals surface area (Å²) in [7, 11) is 0. The fourth-order valence-corrected chi connectivity index (χ4v) is 2.75. The van der Waals surface area contributed by atoms with Gasteiger partial charge in [-0.25, -0.2) is 0 Å². The van der Waals surface area contributed by atoms with Gasteiger partial charge in [-0.15, -0.1) is 0 Å². The Bertz CT molecular complexity index is 676. The average molecular weight is 267 g/mol. The molecule has 1 aliphatic carbocycles. The Morgan fingerprint density at radius 1 is 1.00 bits per heavy atom. The van der Waals surface area contributed by atoms with E-state index in [2.05, 4.69) is 0 Å². The number of Topliss-reactive ketones (excluding diaryl/α,β-unsaturated/α-hetero) is 1. The van der Waals surface area contributed by atoms with E-state index in [1.165, 1.54) is 12.1 Å². The van der Waals surface area contributed by atoms with E-state index in [-0.39, 0.29) is 17.4 Å². The quantitative estimate of drug-likeness (QED) is 0.618. The molecule has 0 saturated carbocycles. The molecule has 0 amide bonds. The lowest BCUT2D eigenvalue weighted by molar-refractivity contribution is -0.384. The molecule has 2 aromatic rings. The third-order valence-corrected chi connectivity index (χ3v) is 3.79. The lowest BCUT2D eigenvalue weighted by Gasteiger charge is -2.23. The smallest absolute Gasteiger partial charge is 0.269 e. The second-order valence-corrected chi connectivity index (χ2v) is 5.03. The molecular formula is C16H13NO3. The summed E-state index contributed by atoms with van der Waals surface area (Å²) in [6, 6.07) is 14.2. The number of fused-ring (bicyclic) bond motifs is 1. The summed E-state index contributed by atoms with van der Waals surface area (Å²) < 4.78 is 0. The van der Waals surface area contributed by atoms with Crippen molar-refractivity contribution in [2.75, 3.05) is 0 Å². The highest BCUT2D eigenvalue weighted by Crippen LogP contribution is 2.33. The predicted octanol–water partition coefficient (Wildman–Crippen LogP) is 3.51. The van der Waals surface area contributed by atoms with Crippen LogP contribution in [0, 0.1) is 10.1 Å². The minimum Gasteiger partial charge on any atom is -0.294 e. The van der Waals surface area contributed by atoms with Gasteiger partial charge < -0.3 is 0 Å². The number of hydrogen-bond acceptors (Lipinski definition) is 3. The highest BCUT2D eigenvalue weighted by Gasteiger charge is 2.25. The van der Waals surface area contributed by atoms with E-state index in [0.717, 1.165) is 23.1 Å². The van der Waals surface area contributed by atoms with E-state index < -0.39 is 4.92 Å². The minimum atomic E-state index is -0.412. The van der Waals surface area contributed by atoms with Gasteiger partial charge in [0.1, 0.15) is 0 Å². The van der Waals surface area contributed by atoms with Crippen LogP contribution in [0.1, 0.15) is 33.8 Å². The fourth-order valence-electron chi connectivity index (χ4n) is 2.75. The summed E-state index contributed by atoms with van der Waals surface area (Å²) in [4.78, 5) is 22.4. The molecule has 0 radical (unpaired) electrons. The maximum atomic E-state index is 12.1. The first-order chi connectivity index (χ1) is 9.65. The zero-order valence-corrected chi connectivity index (χ0v) is 10.8. The molecule has 0 N–H and O–H groups in total. The Morgan fingerprint density at radius 3 is 2.40 bits per heavy atom. The number of ketones is 1. The predicted molar refractivity (Wildman–Crippen MR) is 74.9 cm³/mol. The summed E-state index contributed by atoms with van der Waals surface area (Å²) in [6.07, 6.45) is 1.27. The maximum Gasteiger partial charge on any atom is 0.269 e. The van der Waals surface area contributed by atoms with Crippen LogP contribution in [-0.2, 0) is 6.42 Å². The van der Waals surface area contributed by atoms with Crippen LogP contribution < -0.4 is 0 Å². The summed E-state index contributed by atoms with van der Waals surface area (Å²) in [6.45, 7) is 0.